The third-order valence-electron chi connectivity index (χ3n) is 3.65. The van der Waals surface area contributed by atoms with Crippen molar-refractivity contribution in [1.29, 1.82) is 0 Å². The van der Waals surface area contributed by atoms with Gasteiger partial charge in [0, 0.05) is 28.1 Å². The number of carbonyl (C=O) groups excluding carboxylic acids is 1. The predicted octanol–water partition coefficient (Wildman–Crippen LogP) is 4.65. The van der Waals surface area contributed by atoms with Gasteiger partial charge >= 0.3 is 0 Å². The van der Waals surface area contributed by atoms with Crippen molar-refractivity contribution in [3.05, 3.63) is 69.7 Å². The second kappa shape index (κ2) is 7.07. The molecule has 1 unspecified atom stereocenters. The molecule has 0 bridgehead atoms. The van der Waals surface area contributed by atoms with E-state index >= 15 is 0 Å². The Morgan fingerprint density at radius 1 is 1.22 bits per heavy atom. The highest BCUT2D eigenvalue weighted by Gasteiger charge is 2.21. The Labute approximate surface area is 144 Å². The van der Waals surface area contributed by atoms with Crippen molar-refractivity contribution in [1.82, 2.24) is 5.32 Å². The lowest BCUT2D eigenvalue weighted by Gasteiger charge is -2.26. The average Bonchev–Trinajstić information content (AvgIpc) is 2.54. The second-order valence-electron chi connectivity index (χ2n) is 5.24. The summed E-state index contributed by atoms with van der Waals surface area (Å²) in [4.78, 5) is 12.2. The van der Waals surface area contributed by atoms with Crippen LogP contribution in [0, 0.1) is 0 Å². The molecule has 23 heavy (non-hydrogen) atoms. The fraction of sp³-hybridized carbons (Fsp3) is 0.167. The minimum absolute atomic E-state index is 0.0437. The molecule has 5 heteroatoms. The molecule has 0 aromatic heterocycles. The topological polar surface area (TPSA) is 38.3 Å². The molecule has 2 aromatic rings. The Balaban J connectivity index is 1.69. The lowest BCUT2D eigenvalue weighted by atomic mass is 10.0. The molecular weight excluding hydrogens is 333 g/mol. The summed E-state index contributed by atoms with van der Waals surface area (Å²) in [5.74, 6) is 0.659. The van der Waals surface area contributed by atoms with Gasteiger partial charge in [-0.3, -0.25) is 4.79 Å². The van der Waals surface area contributed by atoms with E-state index < -0.39 is 0 Å². The van der Waals surface area contributed by atoms with Gasteiger partial charge in [-0.05, 0) is 29.8 Å². The van der Waals surface area contributed by atoms with Gasteiger partial charge in [-0.15, -0.1) is 0 Å². The number of rotatable bonds is 3. The first kappa shape index (κ1) is 15.9. The highest BCUT2D eigenvalue weighted by molar-refractivity contribution is 6.35. The quantitative estimate of drug-likeness (QED) is 0.821. The summed E-state index contributed by atoms with van der Waals surface area (Å²) in [6, 6.07) is 12.9. The summed E-state index contributed by atoms with van der Waals surface area (Å²) < 4.78 is 5.59. The first-order valence-electron chi connectivity index (χ1n) is 7.29. The fourth-order valence-corrected chi connectivity index (χ4v) is 2.99. The van der Waals surface area contributed by atoms with Crippen LogP contribution in [0.3, 0.4) is 0 Å². The third-order valence-corrected chi connectivity index (χ3v) is 4.21. The van der Waals surface area contributed by atoms with Crippen molar-refractivity contribution in [2.24, 2.45) is 0 Å². The molecule has 2 aromatic carbocycles. The van der Waals surface area contributed by atoms with Crippen molar-refractivity contribution >= 4 is 35.2 Å². The Morgan fingerprint density at radius 2 is 2.04 bits per heavy atom. The van der Waals surface area contributed by atoms with Crippen molar-refractivity contribution in [2.45, 2.75) is 12.5 Å². The molecule has 1 N–H and O–H groups in total. The molecule has 0 saturated heterocycles. The van der Waals surface area contributed by atoms with Crippen LogP contribution in [0.5, 0.6) is 5.75 Å². The predicted molar refractivity (Wildman–Crippen MR) is 92.9 cm³/mol. The Bertz CT molecular complexity index is 758. The third kappa shape index (κ3) is 3.87. The molecule has 1 aliphatic heterocycles. The zero-order chi connectivity index (χ0) is 16.2. The van der Waals surface area contributed by atoms with E-state index in [1.165, 1.54) is 6.08 Å². The van der Waals surface area contributed by atoms with Crippen molar-refractivity contribution in [2.75, 3.05) is 6.61 Å². The van der Waals surface area contributed by atoms with Crippen molar-refractivity contribution < 1.29 is 9.53 Å². The fourth-order valence-electron chi connectivity index (χ4n) is 2.51. The van der Waals surface area contributed by atoms with Crippen LogP contribution in [-0.4, -0.2) is 12.5 Å². The Hall–Kier alpha value is -1.97. The summed E-state index contributed by atoms with van der Waals surface area (Å²) in [5, 5.41) is 4.08. The van der Waals surface area contributed by atoms with E-state index in [9.17, 15) is 4.79 Å². The first-order valence-corrected chi connectivity index (χ1v) is 8.04. The van der Waals surface area contributed by atoms with Gasteiger partial charge in [0.15, 0.2) is 0 Å². The van der Waals surface area contributed by atoms with E-state index in [4.69, 9.17) is 27.9 Å². The van der Waals surface area contributed by atoms with E-state index in [2.05, 4.69) is 5.32 Å². The molecule has 118 valence electrons. The zero-order valence-corrected chi connectivity index (χ0v) is 13.8. The summed E-state index contributed by atoms with van der Waals surface area (Å²) in [7, 11) is 0. The average molecular weight is 348 g/mol. The van der Waals surface area contributed by atoms with E-state index in [1.807, 2.05) is 24.3 Å². The first-order chi connectivity index (χ1) is 11.1. The maximum atomic E-state index is 12.2. The monoisotopic (exact) mass is 347 g/mol. The lowest BCUT2D eigenvalue weighted by Crippen LogP contribution is -2.30. The highest BCUT2D eigenvalue weighted by atomic mass is 35.5. The Morgan fingerprint density at radius 3 is 2.87 bits per heavy atom. The van der Waals surface area contributed by atoms with Gasteiger partial charge in [-0.25, -0.2) is 0 Å². The van der Waals surface area contributed by atoms with Crippen LogP contribution in [-0.2, 0) is 4.79 Å². The molecule has 1 heterocycles. The van der Waals surface area contributed by atoms with Crippen LogP contribution in [0.1, 0.15) is 23.6 Å². The molecule has 0 fully saturated rings. The molecule has 0 saturated carbocycles. The van der Waals surface area contributed by atoms with Crippen molar-refractivity contribution in [3.8, 4) is 5.75 Å². The molecule has 0 spiro atoms. The van der Waals surface area contributed by atoms with Gasteiger partial charge in [-0.2, -0.15) is 0 Å². The van der Waals surface area contributed by atoms with Gasteiger partial charge in [0.25, 0.3) is 0 Å². The van der Waals surface area contributed by atoms with Gasteiger partial charge in [0.2, 0.25) is 5.91 Å². The lowest BCUT2D eigenvalue weighted by molar-refractivity contribution is -0.117. The molecule has 0 radical (unpaired) electrons. The molecule has 0 aliphatic carbocycles. The molecule has 3 rings (SSSR count). The van der Waals surface area contributed by atoms with E-state index in [-0.39, 0.29) is 11.9 Å². The zero-order valence-electron chi connectivity index (χ0n) is 12.3. The van der Waals surface area contributed by atoms with Crippen LogP contribution in [0.2, 0.25) is 10.0 Å². The molecule has 1 atom stereocenters. The van der Waals surface area contributed by atoms with Gasteiger partial charge in [0.05, 0.1) is 12.6 Å². The number of hydrogen-bond donors (Lipinski definition) is 1. The van der Waals surface area contributed by atoms with Crippen LogP contribution < -0.4 is 10.1 Å². The number of ether oxygens (including phenoxy) is 1. The number of amides is 1. The minimum atomic E-state index is -0.169. The minimum Gasteiger partial charge on any atom is -0.493 e. The van der Waals surface area contributed by atoms with Crippen LogP contribution in [0.15, 0.2) is 48.5 Å². The van der Waals surface area contributed by atoms with E-state index in [1.54, 1.807) is 24.3 Å². The number of para-hydroxylation sites is 1. The highest BCUT2D eigenvalue weighted by Crippen LogP contribution is 2.31. The van der Waals surface area contributed by atoms with Crippen LogP contribution in [0.4, 0.5) is 0 Å². The number of carbonyl (C=O) groups is 1. The molecule has 1 aliphatic rings. The smallest absolute Gasteiger partial charge is 0.244 e. The number of benzene rings is 2. The van der Waals surface area contributed by atoms with E-state index in [0.29, 0.717) is 16.7 Å². The number of halogens is 2. The van der Waals surface area contributed by atoms with Crippen LogP contribution in [0.25, 0.3) is 6.08 Å². The number of fused-ring (bicyclic) bond motifs is 1. The maximum Gasteiger partial charge on any atom is 0.244 e. The maximum absolute atomic E-state index is 12.2. The van der Waals surface area contributed by atoms with Gasteiger partial charge < -0.3 is 10.1 Å². The number of hydrogen-bond acceptors (Lipinski definition) is 2. The summed E-state index contributed by atoms with van der Waals surface area (Å²) in [5.41, 5.74) is 1.75. The second-order valence-corrected chi connectivity index (χ2v) is 6.08. The van der Waals surface area contributed by atoms with Crippen molar-refractivity contribution in [3.63, 3.8) is 0 Å². The largest absolute Gasteiger partial charge is 0.493 e. The summed E-state index contributed by atoms with van der Waals surface area (Å²) in [6.07, 6.45) is 3.91. The SMILES string of the molecule is O=C(/C=C/c1ccc(Cl)cc1Cl)NC1CCOc2ccccc21. The van der Waals surface area contributed by atoms with Gasteiger partial charge in [-0.1, -0.05) is 47.5 Å². The van der Waals surface area contributed by atoms with Crippen LogP contribution >= 0.6 is 23.2 Å². The normalized spacial score (nSPS) is 16.7. The Kier molecular flexibility index (Phi) is 4.89. The van der Waals surface area contributed by atoms with Gasteiger partial charge in [0.1, 0.15) is 5.75 Å². The molecule has 1 amide bonds. The standard InChI is InChI=1S/C18H15Cl2NO2/c19-13-7-5-12(15(20)11-13)6-8-18(22)21-16-9-10-23-17-4-2-1-3-14(16)17/h1-8,11,16H,9-10H2,(H,21,22)/b8-6+. The molecular formula is C18H15Cl2NO2. The molecule has 3 nitrogen and oxygen atoms in total. The van der Waals surface area contributed by atoms with E-state index in [0.717, 1.165) is 23.3 Å². The summed E-state index contributed by atoms with van der Waals surface area (Å²) >= 11 is 11.9. The summed E-state index contributed by atoms with van der Waals surface area (Å²) in [6.45, 7) is 0.592. The number of nitrogens with one attached hydrogen (secondary N) is 1.